The lowest BCUT2D eigenvalue weighted by molar-refractivity contribution is -0.139. The van der Waals surface area contributed by atoms with Crippen LogP contribution in [-0.4, -0.2) is 56.0 Å². The molecule has 132 valence electrons. The van der Waals surface area contributed by atoms with Crippen LogP contribution in [0.4, 0.5) is 0 Å². The van der Waals surface area contributed by atoms with Crippen LogP contribution in [0.25, 0.3) is 0 Å². The minimum absolute atomic E-state index is 0.256. The van der Waals surface area contributed by atoms with E-state index in [1.54, 1.807) is 0 Å². The summed E-state index contributed by atoms with van der Waals surface area (Å²) in [6, 6.07) is 8.81. The molecule has 1 spiro atoms. The maximum absolute atomic E-state index is 12.6. The molecule has 1 atom stereocenters. The molecule has 3 rings (SSSR count). The lowest BCUT2D eigenvalue weighted by Gasteiger charge is -2.46. The summed E-state index contributed by atoms with van der Waals surface area (Å²) in [5.41, 5.74) is 2.99. The summed E-state index contributed by atoms with van der Waals surface area (Å²) in [6.07, 6.45) is 4.19. The van der Waals surface area contributed by atoms with Gasteiger partial charge in [-0.3, -0.25) is 4.79 Å². The Morgan fingerprint density at radius 3 is 2.58 bits per heavy atom. The van der Waals surface area contributed by atoms with E-state index in [4.69, 9.17) is 0 Å². The Balaban J connectivity index is 1.78. The average molecular weight is 329 g/mol. The predicted octanol–water partition coefficient (Wildman–Crippen LogP) is 2.59. The summed E-state index contributed by atoms with van der Waals surface area (Å²) in [5.74, 6) is 0.333. The number of nitrogens with zero attached hydrogens (tertiary/aromatic N) is 2. The molecule has 4 nitrogen and oxygen atoms in total. The van der Waals surface area contributed by atoms with Crippen molar-refractivity contribution in [3.8, 4) is 0 Å². The fourth-order valence-corrected chi connectivity index (χ4v) is 4.34. The number of hydrogen-bond acceptors (Lipinski definition) is 3. The smallest absolute Gasteiger partial charge is 0.222 e. The van der Waals surface area contributed by atoms with Crippen molar-refractivity contribution >= 4 is 5.91 Å². The number of likely N-dealkylation sites (N-methyl/N-ethyl adjacent to an activating group) is 1. The van der Waals surface area contributed by atoms with Crippen LogP contribution in [0.2, 0.25) is 0 Å². The molecule has 24 heavy (non-hydrogen) atoms. The molecule has 0 bridgehead atoms. The second kappa shape index (κ2) is 7.24. The van der Waals surface area contributed by atoms with Crippen molar-refractivity contribution in [2.75, 3.05) is 40.3 Å². The van der Waals surface area contributed by atoms with Gasteiger partial charge >= 0.3 is 0 Å². The molecule has 2 heterocycles. The minimum atomic E-state index is 0.256. The largest absolute Gasteiger partial charge is 0.340 e. The second-order valence-corrected chi connectivity index (χ2v) is 7.86. The number of amides is 1. The van der Waals surface area contributed by atoms with Crippen LogP contribution < -0.4 is 5.32 Å². The van der Waals surface area contributed by atoms with Gasteiger partial charge in [-0.1, -0.05) is 24.3 Å². The van der Waals surface area contributed by atoms with Gasteiger partial charge in [0.1, 0.15) is 0 Å². The zero-order valence-electron chi connectivity index (χ0n) is 15.3. The van der Waals surface area contributed by atoms with E-state index in [2.05, 4.69) is 60.4 Å². The van der Waals surface area contributed by atoms with Gasteiger partial charge in [-0.15, -0.1) is 0 Å². The van der Waals surface area contributed by atoms with E-state index >= 15 is 0 Å². The SMILES string of the molecule is Cc1ccccc1[C@@H](CN1CC2(CCNCC2)CCC1=O)N(C)C. The summed E-state index contributed by atoms with van der Waals surface area (Å²) < 4.78 is 0. The van der Waals surface area contributed by atoms with Crippen molar-refractivity contribution in [1.29, 1.82) is 0 Å². The zero-order chi connectivity index (χ0) is 17.2. The van der Waals surface area contributed by atoms with Crippen molar-refractivity contribution in [2.45, 2.75) is 38.6 Å². The first-order valence-corrected chi connectivity index (χ1v) is 9.21. The number of carbonyl (C=O) groups excluding carboxylic acids is 1. The van der Waals surface area contributed by atoms with E-state index in [1.165, 1.54) is 24.0 Å². The molecule has 1 N–H and O–H groups in total. The van der Waals surface area contributed by atoms with Crippen molar-refractivity contribution in [1.82, 2.24) is 15.1 Å². The quantitative estimate of drug-likeness (QED) is 0.922. The minimum Gasteiger partial charge on any atom is -0.340 e. The highest BCUT2D eigenvalue weighted by molar-refractivity contribution is 5.77. The molecule has 2 aliphatic heterocycles. The van der Waals surface area contributed by atoms with Gasteiger partial charge in [0.15, 0.2) is 0 Å². The molecule has 0 aromatic heterocycles. The van der Waals surface area contributed by atoms with Crippen LogP contribution in [0.1, 0.15) is 42.9 Å². The van der Waals surface area contributed by atoms with E-state index in [9.17, 15) is 4.79 Å². The first-order chi connectivity index (χ1) is 11.5. The maximum Gasteiger partial charge on any atom is 0.222 e. The number of carbonyl (C=O) groups is 1. The third-order valence-electron chi connectivity index (χ3n) is 5.98. The molecule has 0 aliphatic carbocycles. The van der Waals surface area contributed by atoms with Crippen LogP contribution in [0, 0.1) is 12.3 Å². The summed E-state index contributed by atoms with van der Waals surface area (Å²) >= 11 is 0. The lowest BCUT2D eigenvalue weighted by atomic mass is 9.72. The monoisotopic (exact) mass is 329 g/mol. The standard InChI is InChI=1S/C20H31N3O/c1-16-6-4-5-7-17(16)18(22(2)3)14-23-15-20(9-8-19(23)24)10-12-21-13-11-20/h4-7,18,21H,8-15H2,1-3H3/t18-/m1/s1. The van der Waals surface area contributed by atoms with Crippen LogP contribution >= 0.6 is 0 Å². The molecule has 0 unspecified atom stereocenters. The molecule has 2 fully saturated rings. The van der Waals surface area contributed by atoms with Gasteiger partial charge in [0.05, 0.1) is 6.04 Å². The summed E-state index contributed by atoms with van der Waals surface area (Å²) in [4.78, 5) is 17.0. The highest BCUT2D eigenvalue weighted by Crippen LogP contribution is 2.39. The third kappa shape index (κ3) is 3.65. The van der Waals surface area contributed by atoms with E-state index in [0.717, 1.165) is 32.6 Å². The van der Waals surface area contributed by atoms with E-state index in [0.29, 0.717) is 17.7 Å². The molecule has 0 radical (unpaired) electrons. The molecule has 2 saturated heterocycles. The number of hydrogen-bond donors (Lipinski definition) is 1. The first-order valence-electron chi connectivity index (χ1n) is 9.21. The molecule has 1 aromatic rings. The molecule has 1 amide bonds. The number of benzene rings is 1. The fourth-order valence-electron chi connectivity index (χ4n) is 4.34. The van der Waals surface area contributed by atoms with Crippen LogP contribution in [0.15, 0.2) is 24.3 Å². The Kier molecular flexibility index (Phi) is 5.26. The second-order valence-electron chi connectivity index (χ2n) is 7.86. The average Bonchev–Trinajstić information content (AvgIpc) is 2.57. The van der Waals surface area contributed by atoms with Gasteiger partial charge < -0.3 is 15.1 Å². The molecular formula is C20H31N3O. The van der Waals surface area contributed by atoms with Crippen molar-refractivity contribution in [2.24, 2.45) is 5.41 Å². The topological polar surface area (TPSA) is 35.6 Å². The molecular weight excluding hydrogens is 298 g/mol. The van der Waals surface area contributed by atoms with Crippen molar-refractivity contribution in [3.05, 3.63) is 35.4 Å². The highest BCUT2D eigenvalue weighted by Gasteiger charge is 2.40. The van der Waals surface area contributed by atoms with Crippen molar-refractivity contribution in [3.63, 3.8) is 0 Å². The van der Waals surface area contributed by atoms with Gasteiger partial charge in [-0.2, -0.15) is 0 Å². The summed E-state index contributed by atoms with van der Waals surface area (Å²) in [5, 5.41) is 3.46. The van der Waals surface area contributed by atoms with Gasteiger partial charge in [0.2, 0.25) is 5.91 Å². The van der Waals surface area contributed by atoms with Gasteiger partial charge in [0.25, 0.3) is 0 Å². The van der Waals surface area contributed by atoms with Gasteiger partial charge in [0, 0.05) is 19.5 Å². The Bertz CT molecular complexity index is 578. The van der Waals surface area contributed by atoms with Crippen LogP contribution in [0.5, 0.6) is 0 Å². The first kappa shape index (κ1) is 17.4. The number of rotatable bonds is 4. The van der Waals surface area contributed by atoms with E-state index < -0.39 is 0 Å². The number of piperidine rings is 2. The Labute approximate surface area is 146 Å². The Hall–Kier alpha value is -1.39. The lowest BCUT2D eigenvalue weighted by Crippen LogP contribution is -2.52. The third-order valence-corrected chi connectivity index (χ3v) is 5.98. The number of nitrogens with one attached hydrogen (secondary N) is 1. The van der Waals surface area contributed by atoms with Crippen LogP contribution in [0.3, 0.4) is 0 Å². The van der Waals surface area contributed by atoms with E-state index in [1.807, 2.05) is 0 Å². The molecule has 1 aromatic carbocycles. The number of aryl methyl sites for hydroxylation is 1. The Morgan fingerprint density at radius 2 is 1.92 bits per heavy atom. The summed E-state index contributed by atoms with van der Waals surface area (Å²) in [6.45, 7) is 6.08. The zero-order valence-corrected chi connectivity index (χ0v) is 15.3. The molecule has 0 saturated carbocycles. The predicted molar refractivity (Wildman–Crippen MR) is 98.0 cm³/mol. The Morgan fingerprint density at radius 1 is 1.21 bits per heavy atom. The number of likely N-dealkylation sites (tertiary alicyclic amines) is 1. The maximum atomic E-state index is 12.6. The summed E-state index contributed by atoms with van der Waals surface area (Å²) in [7, 11) is 4.23. The van der Waals surface area contributed by atoms with Crippen LogP contribution in [-0.2, 0) is 4.79 Å². The highest BCUT2D eigenvalue weighted by atomic mass is 16.2. The normalized spacial score (nSPS) is 22.2. The van der Waals surface area contributed by atoms with Crippen molar-refractivity contribution < 1.29 is 4.79 Å². The van der Waals surface area contributed by atoms with E-state index in [-0.39, 0.29) is 6.04 Å². The molecule has 4 heteroatoms. The van der Waals surface area contributed by atoms with Gasteiger partial charge in [-0.25, -0.2) is 0 Å². The molecule has 2 aliphatic rings. The van der Waals surface area contributed by atoms with Gasteiger partial charge in [-0.05, 0) is 69.9 Å². The fraction of sp³-hybridized carbons (Fsp3) is 0.650.